The summed E-state index contributed by atoms with van der Waals surface area (Å²) in [4.78, 5) is 29.2. The number of rotatable bonds is 7. The van der Waals surface area contributed by atoms with Crippen molar-refractivity contribution in [3.05, 3.63) is 22.9 Å². The third kappa shape index (κ3) is 6.42. The van der Waals surface area contributed by atoms with Gasteiger partial charge in [-0.2, -0.15) is 18.4 Å². The number of amides is 1. The van der Waals surface area contributed by atoms with Crippen LogP contribution in [0.15, 0.2) is 6.07 Å². The number of nitrogens with one attached hydrogen (secondary N) is 1. The van der Waals surface area contributed by atoms with Gasteiger partial charge < -0.3 is 9.64 Å². The van der Waals surface area contributed by atoms with E-state index in [9.17, 15) is 36.4 Å². The number of hydrogen-bond acceptors (Lipinski definition) is 8. The number of carbonyl (C=O) groups excluding carboxylic acids is 2. The molecule has 192 valence electrons. The maximum Gasteiger partial charge on any atom is 0.434 e. The molecule has 2 fully saturated rings. The van der Waals surface area contributed by atoms with Gasteiger partial charge in [0.05, 0.1) is 29.4 Å². The summed E-state index contributed by atoms with van der Waals surface area (Å²) in [7, 11) is -3.85. The Morgan fingerprint density at radius 2 is 1.89 bits per heavy atom. The van der Waals surface area contributed by atoms with E-state index >= 15 is 0 Å². The summed E-state index contributed by atoms with van der Waals surface area (Å²) in [6.45, 7) is 3.13. The molecule has 9 nitrogen and oxygen atoms in total. The summed E-state index contributed by atoms with van der Waals surface area (Å²) in [6.07, 6.45) is -1.56. The Labute approximate surface area is 201 Å². The van der Waals surface area contributed by atoms with Gasteiger partial charge in [0.2, 0.25) is 15.9 Å². The SMILES string of the molecule is CCOC(=O)c1cc(C#N)c(N2CC(C(=O)NS(=O)(=O)CC3CCC(C)CC3)C2)nc1C(F)(F)F. The Morgan fingerprint density at radius 3 is 2.43 bits per heavy atom. The number of pyridine rings is 1. The predicted octanol–water partition coefficient (Wildman–Crippen LogP) is 2.86. The summed E-state index contributed by atoms with van der Waals surface area (Å²) in [6, 6.07) is 2.49. The molecule has 3 rings (SSSR count). The van der Waals surface area contributed by atoms with E-state index in [1.807, 2.05) is 0 Å². The lowest BCUT2D eigenvalue weighted by Crippen LogP contribution is -2.55. The van der Waals surface area contributed by atoms with E-state index in [1.165, 1.54) is 11.8 Å². The molecule has 1 N–H and O–H groups in total. The van der Waals surface area contributed by atoms with Gasteiger partial charge in [-0.05, 0) is 37.7 Å². The quantitative estimate of drug-likeness (QED) is 0.548. The van der Waals surface area contributed by atoms with E-state index in [2.05, 4.69) is 21.4 Å². The first-order valence-corrected chi connectivity index (χ1v) is 13.0. The van der Waals surface area contributed by atoms with Gasteiger partial charge >= 0.3 is 12.1 Å². The van der Waals surface area contributed by atoms with E-state index in [4.69, 9.17) is 0 Å². The average Bonchev–Trinajstić information content (AvgIpc) is 2.72. The first-order valence-electron chi connectivity index (χ1n) is 11.3. The second-order valence-electron chi connectivity index (χ2n) is 9.06. The molecule has 1 aromatic heterocycles. The molecule has 1 amide bonds. The molecule has 13 heteroatoms. The molecule has 1 saturated carbocycles. The van der Waals surface area contributed by atoms with Crippen LogP contribution < -0.4 is 9.62 Å². The minimum atomic E-state index is -4.99. The van der Waals surface area contributed by atoms with Crippen molar-refractivity contribution >= 4 is 27.7 Å². The molecule has 2 heterocycles. The van der Waals surface area contributed by atoms with E-state index in [0.717, 1.165) is 31.7 Å². The molecular weight excluding hydrogens is 489 g/mol. The van der Waals surface area contributed by atoms with Crippen LogP contribution in [0, 0.1) is 29.1 Å². The fraction of sp³-hybridized carbons (Fsp3) is 0.636. The van der Waals surface area contributed by atoms with Crippen LogP contribution in [0.2, 0.25) is 0 Å². The number of anilines is 1. The number of aromatic nitrogens is 1. The van der Waals surface area contributed by atoms with Gasteiger partial charge in [-0.25, -0.2) is 18.2 Å². The summed E-state index contributed by atoms with van der Waals surface area (Å²) >= 11 is 0. The third-order valence-electron chi connectivity index (χ3n) is 6.29. The highest BCUT2D eigenvalue weighted by atomic mass is 32.2. The number of nitrogens with zero attached hydrogens (tertiary/aromatic N) is 3. The molecule has 0 bridgehead atoms. The molecule has 1 saturated heterocycles. The van der Waals surface area contributed by atoms with Crippen LogP contribution in [0.4, 0.5) is 19.0 Å². The van der Waals surface area contributed by atoms with Crippen LogP contribution in [0.5, 0.6) is 0 Å². The van der Waals surface area contributed by atoms with Gasteiger partial charge in [0.25, 0.3) is 0 Å². The lowest BCUT2D eigenvalue weighted by atomic mass is 9.84. The van der Waals surface area contributed by atoms with Gasteiger partial charge in [-0.3, -0.25) is 9.52 Å². The molecule has 0 unspecified atom stereocenters. The van der Waals surface area contributed by atoms with Crippen molar-refractivity contribution in [3.63, 3.8) is 0 Å². The van der Waals surface area contributed by atoms with Crippen LogP contribution in [0.3, 0.4) is 0 Å². The Bertz CT molecular complexity index is 1120. The number of esters is 1. The van der Waals surface area contributed by atoms with Gasteiger partial charge in [0, 0.05) is 13.1 Å². The normalized spacial score (nSPS) is 21.1. The van der Waals surface area contributed by atoms with Crippen LogP contribution in [0.1, 0.15) is 61.1 Å². The molecule has 0 radical (unpaired) electrons. The molecule has 1 aromatic rings. The minimum absolute atomic E-state index is 0.0181. The average molecular weight is 517 g/mol. The van der Waals surface area contributed by atoms with Crippen molar-refractivity contribution in [3.8, 4) is 6.07 Å². The highest BCUT2D eigenvalue weighted by molar-refractivity contribution is 7.90. The number of halogens is 3. The zero-order valence-corrected chi connectivity index (χ0v) is 20.2. The number of ether oxygens (including phenoxy) is 1. The maximum absolute atomic E-state index is 13.6. The largest absolute Gasteiger partial charge is 0.462 e. The Morgan fingerprint density at radius 1 is 1.26 bits per heavy atom. The Balaban J connectivity index is 1.69. The molecule has 2 aliphatic rings. The summed E-state index contributed by atoms with van der Waals surface area (Å²) in [5.41, 5.74) is -2.67. The van der Waals surface area contributed by atoms with Gasteiger partial charge in [0.1, 0.15) is 11.9 Å². The maximum atomic E-state index is 13.6. The molecule has 35 heavy (non-hydrogen) atoms. The molecule has 1 aliphatic heterocycles. The number of hydrogen-bond donors (Lipinski definition) is 1. The number of carbonyl (C=O) groups is 2. The van der Waals surface area contributed by atoms with Crippen molar-refractivity contribution in [2.75, 3.05) is 30.3 Å². The summed E-state index contributed by atoms with van der Waals surface area (Å²) in [5, 5.41) is 9.41. The van der Waals surface area contributed by atoms with E-state index in [1.54, 1.807) is 6.07 Å². The lowest BCUT2D eigenvalue weighted by Gasteiger charge is -2.39. The molecular formula is C22H27F3N4O5S. The first kappa shape index (κ1) is 26.7. The smallest absolute Gasteiger partial charge is 0.434 e. The Hall–Kier alpha value is -2.88. The van der Waals surface area contributed by atoms with Crippen molar-refractivity contribution in [1.29, 1.82) is 5.26 Å². The van der Waals surface area contributed by atoms with Crippen molar-refractivity contribution < 1.29 is 35.9 Å². The fourth-order valence-electron chi connectivity index (χ4n) is 4.31. The zero-order chi connectivity index (χ0) is 26.0. The van der Waals surface area contributed by atoms with Gasteiger partial charge in [0.15, 0.2) is 5.69 Å². The van der Waals surface area contributed by atoms with Gasteiger partial charge in [-0.1, -0.05) is 19.8 Å². The highest BCUT2D eigenvalue weighted by Crippen LogP contribution is 2.36. The zero-order valence-electron chi connectivity index (χ0n) is 19.4. The second-order valence-corrected chi connectivity index (χ2v) is 10.8. The van der Waals surface area contributed by atoms with E-state index < -0.39 is 45.3 Å². The van der Waals surface area contributed by atoms with Crippen molar-refractivity contribution in [2.45, 2.75) is 45.7 Å². The second kappa shape index (κ2) is 10.4. The first-order chi connectivity index (χ1) is 16.3. The molecule has 1 aliphatic carbocycles. The third-order valence-corrected chi connectivity index (χ3v) is 7.71. The van der Waals surface area contributed by atoms with Crippen LogP contribution in [-0.2, 0) is 25.7 Å². The molecule has 0 spiro atoms. The van der Waals surface area contributed by atoms with E-state index in [-0.39, 0.29) is 42.7 Å². The number of alkyl halides is 3. The van der Waals surface area contributed by atoms with Crippen LogP contribution in [-0.4, -0.2) is 50.7 Å². The lowest BCUT2D eigenvalue weighted by molar-refractivity contribution is -0.141. The Kier molecular flexibility index (Phi) is 7.93. The molecule has 0 aromatic carbocycles. The summed E-state index contributed by atoms with van der Waals surface area (Å²) < 4.78 is 72.2. The topological polar surface area (TPSA) is 129 Å². The van der Waals surface area contributed by atoms with E-state index in [0.29, 0.717) is 5.92 Å². The fourth-order valence-corrected chi connectivity index (χ4v) is 5.82. The summed E-state index contributed by atoms with van der Waals surface area (Å²) in [5.74, 6) is -2.75. The van der Waals surface area contributed by atoms with Crippen LogP contribution in [0.25, 0.3) is 0 Å². The molecule has 0 atom stereocenters. The predicted molar refractivity (Wildman–Crippen MR) is 119 cm³/mol. The van der Waals surface area contributed by atoms with Gasteiger partial charge in [-0.15, -0.1) is 0 Å². The number of nitriles is 1. The van der Waals surface area contributed by atoms with Crippen LogP contribution >= 0.6 is 0 Å². The monoisotopic (exact) mass is 516 g/mol. The minimum Gasteiger partial charge on any atom is -0.462 e. The van der Waals surface area contributed by atoms with Crippen molar-refractivity contribution in [2.24, 2.45) is 17.8 Å². The highest BCUT2D eigenvalue weighted by Gasteiger charge is 2.42. The number of sulfonamides is 1. The standard InChI is InChI=1S/C22H27F3N4O5S/c1-3-34-21(31)17-8-15(9-26)19(27-18(17)22(23,24)25)29-10-16(11-29)20(30)28-35(32,33)12-14-6-4-13(2)5-7-14/h8,13-14,16H,3-7,10-12H2,1-2H3,(H,28,30). The van der Waals surface area contributed by atoms with Crippen molar-refractivity contribution in [1.82, 2.24) is 9.71 Å².